The number of hydrogen-bond donors (Lipinski definition) is 1. The van der Waals surface area contributed by atoms with Crippen LogP contribution in [0.4, 0.5) is 5.13 Å². The van der Waals surface area contributed by atoms with Crippen LogP contribution in [-0.4, -0.2) is 41.1 Å². The van der Waals surface area contributed by atoms with Gasteiger partial charge in [0.05, 0.1) is 19.1 Å². The van der Waals surface area contributed by atoms with E-state index in [1.54, 1.807) is 25.1 Å². The Kier molecular flexibility index (Phi) is 6.50. The summed E-state index contributed by atoms with van der Waals surface area (Å²) in [6.45, 7) is 2.13. The van der Waals surface area contributed by atoms with Crippen molar-refractivity contribution in [2.24, 2.45) is 0 Å². The van der Waals surface area contributed by atoms with Gasteiger partial charge in [0.1, 0.15) is 10.8 Å². The molecule has 1 aromatic heterocycles. The number of carbonyl (C=O) groups is 2. The Morgan fingerprint density at radius 2 is 1.91 bits per heavy atom. The molecule has 0 bridgehead atoms. The first kappa shape index (κ1) is 22.0. The van der Waals surface area contributed by atoms with Crippen LogP contribution in [0.25, 0.3) is 0 Å². The van der Waals surface area contributed by atoms with Crippen molar-refractivity contribution in [3.63, 3.8) is 0 Å². The van der Waals surface area contributed by atoms with Crippen LogP contribution in [0.3, 0.4) is 0 Å². The third kappa shape index (κ3) is 4.23. The smallest absolute Gasteiger partial charge is 0.254 e. The lowest BCUT2D eigenvalue weighted by atomic mass is 9.79. The van der Waals surface area contributed by atoms with Crippen LogP contribution < -0.4 is 10.1 Å². The maximum absolute atomic E-state index is 13.6. The van der Waals surface area contributed by atoms with E-state index in [-0.39, 0.29) is 11.8 Å². The molecule has 166 valence electrons. The van der Waals surface area contributed by atoms with E-state index < -0.39 is 12.0 Å². The van der Waals surface area contributed by atoms with E-state index in [4.69, 9.17) is 4.74 Å². The van der Waals surface area contributed by atoms with E-state index in [2.05, 4.69) is 22.4 Å². The number of aromatic nitrogens is 2. The van der Waals surface area contributed by atoms with Gasteiger partial charge >= 0.3 is 0 Å². The third-order valence-electron chi connectivity index (χ3n) is 5.76. The standard InChI is InChI=1S/C24H26N4O3S/c1-4-5-10-19-26-27-24(32-19)25-22(29)20-17-8-6-7-9-18(17)23(30)28(2)21(20)15-11-13-16(31-3)14-12-15/h6-9,11-14,20-21H,4-5,10H2,1-3H3,(H,25,27,29). The predicted octanol–water partition coefficient (Wildman–Crippen LogP) is 4.44. The summed E-state index contributed by atoms with van der Waals surface area (Å²) in [5, 5.41) is 12.7. The van der Waals surface area contributed by atoms with Gasteiger partial charge in [0, 0.05) is 19.0 Å². The Hall–Kier alpha value is -3.26. The molecule has 0 aliphatic carbocycles. The fraction of sp³-hybridized carbons (Fsp3) is 0.333. The lowest BCUT2D eigenvalue weighted by molar-refractivity contribution is -0.119. The fourth-order valence-corrected chi connectivity index (χ4v) is 4.88. The summed E-state index contributed by atoms with van der Waals surface area (Å²) in [5.41, 5.74) is 2.11. The minimum Gasteiger partial charge on any atom is -0.497 e. The van der Waals surface area contributed by atoms with Crippen molar-refractivity contribution in [3.8, 4) is 5.75 Å². The van der Waals surface area contributed by atoms with E-state index in [1.807, 2.05) is 42.5 Å². The largest absolute Gasteiger partial charge is 0.497 e. The summed E-state index contributed by atoms with van der Waals surface area (Å²) >= 11 is 1.40. The first-order valence-corrected chi connectivity index (χ1v) is 11.5. The number of methoxy groups -OCH3 is 1. The summed E-state index contributed by atoms with van der Waals surface area (Å²) in [4.78, 5) is 28.3. The molecule has 1 aliphatic heterocycles. The van der Waals surface area contributed by atoms with Crippen molar-refractivity contribution in [3.05, 3.63) is 70.2 Å². The van der Waals surface area contributed by atoms with Gasteiger partial charge in [-0.1, -0.05) is 55.0 Å². The van der Waals surface area contributed by atoms with Crippen molar-refractivity contribution in [2.75, 3.05) is 19.5 Å². The van der Waals surface area contributed by atoms with Gasteiger partial charge in [-0.2, -0.15) is 0 Å². The highest BCUT2D eigenvalue weighted by atomic mass is 32.1. The van der Waals surface area contributed by atoms with Crippen molar-refractivity contribution < 1.29 is 14.3 Å². The van der Waals surface area contributed by atoms with Gasteiger partial charge in [0.25, 0.3) is 5.91 Å². The van der Waals surface area contributed by atoms with E-state index >= 15 is 0 Å². The Bertz CT molecular complexity index is 1110. The molecule has 1 N–H and O–H groups in total. The molecule has 8 heteroatoms. The zero-order valence-electron chi connectivity index (χ0n) is 18.4. The monoisotopic (exact) mass is 450 g/mol. The van der Waals surface area contributed by atoms with Crippen LogP contribution in [0.1, 0.15) is 58.2 Å². The Labute approximate surface area is 191 Å². The number of unbranched alkanes of at least 4 members (excludes halogenated alkanes) is 1. The van der Waals surface area contributed by atoms with E-state index in [1.165, 1.54) is 11.3 Å². The number of amides is 2. The average Bonchev–Trinajstić information content (AvgIpc) is 3.27. The first-order valence-electron chi connectivity index (χ1n) is 10.7. The Balaban J connectivity index is 1.70. The highest BCUT2D eigenvalue weighted by molar-refractivity contribution is 7.15. The maximum Gasteiger partial charge on any atom is 0.254 e. The average molecular weight is 451 g/mol. The molecule has 2 unspecified atom stereocenters. The molecule has 4 rings (SSSR count). The Morgan fingerprint density at radius 3 is 2.62 bits per heavy atom. The third-order valence-corrected chi connectivity index (χ3v) is 6.66. The number of anilines is 1. The second-order valence-corrected chi connectivity index (χ2v) is 8.85. The van der Waals surface area contributed by atoms with Crippen molar-refractivity contribution in [2.45, 2.75) is 38.1 Å². The van der Waals surface area contributed by atoms with Gasteiger partial charge in [-0.05, 0) is 35.7 Å². The van der Waals surface area contributed by atoms with Crippen molar-refractivity contribution in [1.29, 1.82) is 0 Å². The molecule has 2 heterocycles. The van der Waals surface area contributed by atoms with Gasteiger partial charge in [-0.25, -0.2) is 0 Å². The van der Waals surface area contributed by atoms with Gasteiger partial charge in [-0.15, -0.1) is 10.2 Å². The van der Waals surface area contributed by atoms with Crippen LogP contribution in [0.2, 0.25) is 0 Å². The molecule has 2 aromatic carbocycles. The van der Waals surface area contributed by atoms with Crippen molar-refractivity contribution in [1.82, 2.24) is 15.1 Å². The van der Waals surface area contributed by atoms with Gasteiger partial charge < -0.3 is 9.64 Å². The molecule has 32 heavy (non-hydrogen) atoms. The van der Waals surface area contributed by atoms with Crippen molar-refractivity contribution >= 4 is 28.3 Å². The van der Waals surface area contributed by atoms with Crippen LogP contribution in [0, 0.1) is 0 Å². The highest BCUT2D eigenvalue weighted by Crippen LogP contribution is 2.42. The lowest BCUT2D eigenvalue weighted by Gasteiger charge is -2.39. The second kappa shape index (κ2) is 9.48. The number of hydrogen-bond acceptors (Lipinski definition) is 6. The fourth-order valence-electron chi connectivity index (χ4n) is 4.09. The maximum atomic E-state index is 13.6. The van der Waals surface area contributed by atoms with Crippen LogP contribution in [-0.2, 0) is 11.2 Å². The molecule has 1 aliphatic rings. The van der Waals surface area contributed by atoms with Gasteiger partial charge in [0.15, 0.2) is 0 Å². The molecule has 0 radical (unpaired) electrons. The SMILES string of the molecule is CCCCc1nnc(NC(=O)C2c3ccccc3C(=O)N(C)C2c2ccc(OC)cc2)s1. The zero-order valence-corrected chi connectivity index (χ0v) is 19.2. The molecule has 3 aromatic rings. The molecule has 0 saturated carbocycles. The summed E-state index contributed by atoms with van der Waals surface area (Å²) in [5.74, 6) is -0.197. The summed E-state index contributed by atoms with van der Waals surface area (Å²) in [6.07, 6.45) is 2.96. The summed E-state index contributed by atoms with van der Waals surface area (Å²) in [7, 11) is 3.34. The molecule has 0 fully saturated rings. The first-order chi connectivity index (χ1) is 15.5. The van der Waals surface area contributed by atoms with Gasteiger partial charge in [-0.3, -0.25) is 14.9 Å². The lowest BCUT2D eigenvalue weighted by Crippen LogP contribution is -2.44. The number of aryl methyl sites for hydroxylation is 1. The number of ether oxygens (including phenoxy) is 1. The molecular weight excluding hydrogens is 424 g/mol. The highest BCUT2D eigenvalue weighted by Gasteiger charge is 2.42. The number of benzene rings is 2. The normalized spacial score (nSPS) is 17.7. The Morgan fingerprint density at radius 1 is 1.16 bits per heavy atom. The molecule has 0 spiro atoms. The minimum absolute atomic E-state index is 0.108. The predicted molar refractivity (Wildman–Crippen MR) is 124 cm³/mol. The number of carbonyl (C=O) groups excluding carboxylic acids is 2. The van der Waals surface area contributed by atoms with Crippen LogP contribution >= 0.6 is 11.3 Å². The van der Waals surface area contributed by atoms with Crippen LogP contribution in [0.5, 0.6) is 5.75 Å². The number of likely N-dealkylation sites (N-methyl/N-ethyl adjacent to an activating group) is 1. The molecule has 0 saturated heterocycles. The minimum atomic E-state index is -0.592. The number of nitrogens with zero attached hydrogens (tertiary/aromatic N) is 3. The topological polar surface area (TPSA) is 84.4 Å². The number of fused-ring (bicyclic) bond motifs is 1. The quantitative estimate of drug-likeness (QED) is 0.575. The molecular formula is C24H26N4O3S. The van der Waals surface area contributed by atoms with E-state index in [0.717, 1.165) is 29.8 Å². The van der Waals surface area contributed by atoms with E-state index in [9.17, 15) is 9.59 Å². The van der Waals surface area contributed by atoms with Crippen LogP contribution in [0.15, 0.2) is 48.5 Å². The summed E-state index contributed by atoms with van der Waals surface area (Å²) in [6, 6.07) is 14.3. The zero-order chi connectivity index (χ0) is 22.7. The number of rotatable bonds is 7. The van der Waals surface area contributed by atoms with Gasteiger partial charge in [0.2, 0.25) is 11.0 Å². The summed E-state index contributed by atoms with van der Waals surface area (Å²) < 4.78 is 5.27. The molecule has 2 atom stereocenters. The van der Waals surface area contributed by atoms with E-state index in [0.29, 0.717) is 22.0 Å². The second-order valence-electron chi connectivity index (χ2n) is 7.79. The number of nitrogens with one attached hydrogen (secondary N) is 1. The molecule has 7 nitrogen and oxygen atoms in total. The molecule has 2 amide bonds.